The molecule has 8 nitrogen and oxygen atoms in total. The van der Waals surface area contributed by atoms with E-state index in [2.05, 4.69) is 48.7 Å². The predicted octanol–water partition coefficient (Wildman–Crippen LogP) is 7.38. The Morgan fingerprint density at radius 1 is 1.00 bits per heavy atom. The van der Waals surface area contributed by atoms with E-state index >= 15 is 0 Å². The molecule has 2 aliphatic carbocycles. The molecule has 2 fully saturated rings. The monoisotopic (exact) mass is 616 g/mol. The van der Waals surface area contributed by atoms with Crippen molar-refractivity contribution in [3.05, 3.63) is 16.8 Å². The molecule has 1 aliphatic heterocycles. The van der Waals surface area contributed by atoms with Crippen LogP contribution < -0.4 is 4.74 Å². The zero-order chi connectivity index (χ0) is 30.3. The molecule has 42 heavy (non-hydrogen) atoms. The second kappa shape index (κ2) is 12.3. The Hall–Kier alpha value is -1.75. The minimum absolute atomic E-state index is 0.180. The van der Waals surface area contributed by atoms with E-state index in [9.17, 15) is 4.79 Å². The lowest BCUT2D eigenvalue weighted by molar-refractivity contribution is 0.00508. The Morgan fingerprint density at radius 3 is 2.33 bits per heavy atom. The molecule has 3 aliphatic rings. The molecule has 5 rings (SSSR count). The predicted molar refractivity (Wildman–Crippen MR) is 172 cm³/mol. The van der Waals surface area contributed by atoms with Gasteiger partial charge in [0, 0.05) is 43.7 Å². The first-order valence-corrected chi connectivity index (χ1v) is 19.7. The van der Waals surface area contributed by atoms with Crippen molar-refractivity contribution in [2.75, 3.05) is 32.8 Å². The van der Waals surface area contributed by atoms with Gasteiger partial charge in [0.2, 0.25) is 5.88 Å². The van der Waals surface area contributed by atoms with E-state index in [0.717, 1.165) is 87.4 Å². The molecule has 3 heterocycles. The lowest BCUT2D eigenvalue weighted by Gasteiger charge is -2.42. The second-order valence-electron chi connectivity index (χ2n) is 15.0. The van der Waals surface area contributed by atoms with Crippen LogP contribution in [-0.2, 0) is 15.6 Å². The average Bonchev–Trinajstić information content (AvgIpc) is 3.47. The van der Waals surface area contributed by atoms with Gasteiger partial charge < -0.3 is 18.8 Å². The normalized spacial score (nSPS) is 24.2. The summed E-state index contributed by atoms with van der Waals surface area (Å²) in [5.74, 6) is 1.27. The summed E-state index contributed by atoms with van der Waals surface area (Å²) in [6, 6.07) is 0.548. The summed E-state index contributed by atoms with van der Waals surface area (Å²) in [4.78, 5) is 28.7. The molecule has 2 aromatic heterocycles. The maximum Gasteiger partial charge on any atom is 0.410 e. The number of thiophene rings is 1. The van der Waals surface area contributed by atoms with Crippen LogP contribution in [0, 0.1) is 0 Å². The summed E-state index contributed by atoms with van der Waals surface area (Å²) in [6.45, 7) is 21.5. The van der Waals surface area contributed by atoms with Gasteiger partial charge in [-0.05, 0) is 95.3 Å². The number of hydrogen-bond acceptors (Lipinski definition) is 8. The molecule has 0 bridgehead atoms. The number of carbonyl (C=O) groups is 1. The maximum atomic E-state index is 12.5. The third-order valence-corrected chi connectivity index (χ3v) is 15.5. The number of amides is 1. The highest BCUT2D eigenvalue weighted by molar-refractivity contribution is 7.19. The Bertz CT molecular complexity index is 1240. The molecule has 234 valence electrons. The van der Waals surface area contributed by atoms with Gasteiger partial charge >= 0.3 is 6.09 Å². The highest BCUT2D eigenvalue weighted by atomic mass is 32.1. The van der Waals surface area contributed by atoms with Crippen LogP contribution in [0.5, 0.6) is 5.88 Å². The number of ether oxygens (including phenoxy) is 2. The number of rotatable bonds is 7. The lowest BCUT2D eigenvalue weighted by atomic mass is 9.91. The molecule has 1 saturated carbocycles. The van der Waals surface area contributed by atoms with E-state index in [-0.39, 0.29) is 17.2 Å². The third-order valence-electron chi connectivity index (χ3n) is 9.84. The van der Waals surface area contributed by atoms with Crippen molar-refractivity contribution in [3.8, 4) is 5.88 Å². The van der Waals surface area contributed by atoms with Gasteiger partial charge in [0.15, 0.2) is 8.32 Å². The van der Waals surface area contributed by atoms with Crippen molar-refractivity contribution < 1.29 is 18.7 Å². The number of aryl methyl sites for hydroxylation is 1. The Labute approximate surface area is 257 Å². The molecule has 0 radical (unpaired) electrons. The molecule has 10 heteroatoms. The van der Waals surface area contributed by atoms with Crippen molar-refractivity contribution in [3.63, 3.8) is 0 Å². The van der Waals surface area contributed by atoms with Crippen molar-refractivity contribution in [2.45, 2.75) is 128 Å². The fourth-order valence-corrected chi connectivity index (χ4v) is 8.67. The molecule has 0 spiro atoms. The van der Waals surface area contributed by atoms with Gasteiger partial charge in [-0.25, -0.2) is 14.8 Å². The molecule has 2 aromatic rings. The van der Waals surface area contributed by atoms with E-state index < -0.39 is 13.9 Å². The second-order valence-corrected chi connectivity index (χ2v) is 20.9. The topological polar surface area (TPSA) is 77.0 Å². The molecule has 0 unspecified atom stereocenters. The largest absolute Gasteiger partial charge is 0.474 e. The van der Waals surface area contributed by atoms with Crippen molar-refractivity contribution in [1.29, 1.82) is 0 Å². The highest BCUT2D eigenvalue weighted by Crippen LogP contribution is 2.48. The minimum Gasteiger partial charge on any atom is -0.474 e. The van der Waals surface area contributed by atoms with Crippen LogP contribution in [0.25, 0.3) is 10.2 Å². The molecular weight excluding hydrogens is 565 g/mol. The Kier molecular flexibility index (Phi) is 9.29. The van der Waals surface area contributed by atoms with Gasteiger partial charge in [-0.3, -0.25) is 4.90 Å². The van der Waals surface area contributed by atoms with Crippen LogP contribution in [0.4, 0.5) is 4.79 Å². The first-order valence-electron chi connectivity index (χ1n) is 16.0. The summed E-state index contributed by atoms with van der Waals surface area (Å²) in [5.41, 5.74) is 0.978. The summed E-state index contributed by atoms with van der Waals surface area (Å²) >= 11 is 1.83. The van der Waals surface area contributed by atoms with Crippen LogP contribution in [0.1, 0.15) is 96.4 Å². The summed E-state index contributed by atoms with van der Waals surface area (Å²) in [6.07, 6.45) is 9.28. The fourth-order valence-electron chi connectivity index (χ4n) is 6.37. The SMILES string of the molecule is CC(C)(C)OC(=O)N1CCN([C@H]2CC[C@H](Oc3ncnc4sc5c(c34)[C@@H](CCO[Si](C)(C)C(C)(C)C)CC5)CC2)CC1. The van der Waals surface area contributed by atoms with Crippen LogP contribution in [0.3, 0.4) is 0 Å². The van der Waals surface area contributed by atoms with Gasteiger partial charge in [-0.15, -0.1) is 11.3 Å². The van der Waals surface area contributed by atoms with Gasteiger partial charge in [-0.1, -0.05) is 20.8 Å². The van der Waals surface area contributed by atoms with E-state index in [1.165, 1.54) is 16.9 Å². The first kappa shape index (κ1) is 31.7. The highest BCUT2D eigenvalue weighted by Gasteiger charge is 2.38. The molecular formula is C32H52N4O4SSi. The summed E-state index contributed by atoms with van der Waals surface area (Å²) in [5, 5.41) is 1.39. The standard InChI is InChI=1S/C32H52N4O4SSi/c1-31(2,3)40-30(37)36-18-16-35(17-19-36)23-10-12-24(13-11-23)39-28-27-26-22(15-20-38-42(7,8)32(4,5)6)9-14-25(26)41-29(27)34-21-33-28/h21-24H,9-20H2,1-8H3/t22-,23-,24-/m1/s1. The Morgan fingerprint density at radius 2 is 1.69 bits per heavy atom. The number of aromatic nitrogens is 2. The van der Waals surface area contributed by atoms with E-state index in [0.29, 0.717) is 12.0 Å². The average molecular weight is 617 g/mol. The van der Waals surface area contributed by atoms with E-state index in [1.807, 2.05) is 37.0 Å². The van der Waals surface area contributed by atoms with E-state index in [1.54, 1.807) is 6.33 Å². The van der Waals surface area contributed by atoms with Crippen LogP contribution >= 0.6 is 11.3 Å². The van der Waals surface area contributed by atoms with Crippen LogP contribution in [-0.4, -0.2) is 84.7 Å². The van der Waals surface area contributed by atoms with Crippen LogP contribution in [0.15, 0.2) is 6.33 Å². The summed E-state index contributed by atoms with van der Waals surface area (Å²) in [7, 11) is -1.76. The van der Waals surface area contributed by atoms with Crippen LogP contribution in [0.2, 0.25) is 18.1 Å². The fraction of sp³-hybridized carbons (Fsp3) is 0.781. The Balaban J connectivity index is 1.16. The number of piperazine rings is 1. The number of fused-ring (bicyclic) bond motifs is 3. The van der Waals surface area contributed by atoms with E-state index in [4.69, 9.17) is 13.9 Å². The number of nitrogens with zero attached hydrogens (tertiary/aromatic N) is 4. The van der Waals surface area contributed by atoms with Crippen molar-refractivity contribution >= 4 is 36.0 Å². The maximum absolute atomic E-state index is 12.5. The number of hydrogen-bond donors (Lipinski definition) is 0. The summed E-state index contributed by atoms with van der Waals surface area (Å²) < 4.78 is 18.8. The molecule has 1 atom stereocenters. The lowest BCUT2D eigenvalue weighted by Crippen LogP contribution is -2.53. The van der Waals surface area contributed by atoms with Crippen molar-refractivity contribution in [1.82, 2.24) is 19.8 Å². The quantitative estimate of drug-likeness (QED) is 0.301. The third kappa shape index (κ3) is 7.13. The molecule has 1 amide bonds. The van der Waals surface area contributed by atoms with Gasteiger partial charge in [-0.2, -0.15) is 0 Å². The molecule has 1 saturated heterocycles. The number of carbonyl (C=O) groups excluding carboxylic acids is 1. The van der Waals surface area contributed by atoms with Gasteiger partial charge in [0.25, 0.3) is 0 Å². The molecule has 0 aromatic carbocycles. The van der Waals surface area contributed by atoms with Crippen molar-refractivity contribution in [2.24, 2.45) is 0 Å². The minimum atomic E-state index is -1.76. The molecule has 0 N–H and O–H groups in total. The van der Waals surface area contributed by atoms with Gasteiger partial charge in [0.1, 0.15) is 22.9 Å². The van der Waals surface area contributed by atoms with Gasteiger partial charge in [0.05, 0.1) is 5.39 Å². The zero-order valence-electron chi connectivity index (χ0n) is 27.1. The smallest absolute Gasteiger partial charge is 0.410 e. The first-order chi connectivity index (χ1) is 19.7. The zero-order valence-corrected chi connectivity index (χ0v) is 28.9.